The fourth-order valence-electron chi connectivity index (χ4n) is 5.39. The number of amides is 1. The second-order valence-corrected chi connectivity index (χ2v) is 10.3. The van der Waals surface area contributed by atoms with Crippen LogP contribution in [0.5, 0.6) is 0 Å². The van der Waals surface area contributed by atoms with Gasteiger partial charge >= 0.3 is 0 Å². The van der Waals surface area contributed by atoms with Crippen LogP contribution in [-0.4, -0.2) is 57.8 Å². The lowest BCUT2D eigenvalue weighted by molar-refractivity contribution is 0.0951. The van der Waals surface area contributed by atoms with Crippen molar-refractivity contribution in [2.75, 3.05) is 32.4 Å². The smallest absolute Gasteiger partial charge is 0.254 e. The molecule has 0 saturated carbocycles. The van der Waals surface area contributed by atoms with E-state index in [4.69, 9.17) is 5.73 Å². The van der Waals surface area contributed by atoms with Crippen LogP contribution < -0.4 is 16.6 Å². The van der Waals surface area contributed by atoms with Crippen LogP contribution in [-0.2, 0) is 6.54 Å². The van der Waals surface area contributed by atoms with Gasteiger partial charge in [0, 0.05) is 59.1 Å². The first-order valence-electron chi connectivity index (χ1n) is 12.3. The summed E-state index contributed by atoms with van der Waals surface area (Å²) in [5, 5.41) is 3.85. The summed E-state index contributed by atoms with van der Waals surface area (Å²) in [6.45, 7) is 10.0. The van der Waals surface area contributed by atoms with Crippen molar-refractivity contribution in [2.45, 2.75) is 51.1 Å². The van der Waals surface area contributed by atoms with E-state index in [1.807, 2.05) is 38.3 Å². The molecular weight excluding hydrogens is 496 g/mol. The van der Waals surface area contributed by atoms with Crippen LogP contribution in [0.15, 0.2) is 34.1 Å². The van der Waals surface area contributed by atoms with Crippen LogP contribution in [0.3, 0.4) is 0 Å². The van der Waals surface area contributed by atoms with Gasteiger partial charge in [0.2, 0.25) is 0 Å². The number of fused-ring (bicyclic) bond motifs is 1. The van der Waals surface area contributed by atoms with Gasteiger partial charge < -0.3 is 25.5 Å². The number of nitrogens with one attached hydrogen (secondary N) is 2. The van der Waals surface area contributed by atoms with Gasteiger partial charge in [-0.15, -0.1) is 24.2 Å². The van der Waals surface area contributed by atoms with Crippen LogP contribution in [0.2, 0.25) is 0 Å². The van der Waals surface area contributed by atoms with E-state index < -0.39 is 0 Å². The SMILES string of the molecule is CSc1cc(C)[nH]c(=O)c1CNC(=O)c1c(C)n(C(C)C2CCN(CCN)CC2)c2ncccc12.Cl. The van der Waals surface area contributed by atoms with E-state index in [0.29, 0.717) is 23.6 Å². The lowest BCUT2D eigenvalue weighted by Gasteiger charge is -2.35. The summed E-state index contributed by atoms with van der Waals surface area (Å²) < 4.78 is 2.24. The summed E-state index contributed by atoms with van der Waals surface area (Å²) in [6, 6.07) is 5.99. The molecule has 10 heteroatoms. The Morgan fingerprint density at radius 2 is 2.06 bits per heavy atom. The van der Waals surface area contributed by atoms with E-state index >= 15 is 0 Å². The highest BCUT2D eigenvalue weighted by molar-refractivity contribution is 7.98. The van der Waals surface area contributed by atoms with Crippen LogP contribution in [0.4, 0.5) is 0 Å². The molecule has 1 aliphatic heterocycles. The first kappa shape index (κ1) is 28.2. The van der Waals surface area contributed by atoms with Gasteiger partial charge in [-0.2, -0.15) is 0 Å². The fraction of sp³-hybridized carbons (Fsp3) is 0.500. The van der Waals surface area contributed by atoms with E-state index in [2.05, 4.69) is 31.7 Å². The number of hydrogen-bond donors (Lipinski definition) is 3. The number of aryl methyl sites for hydroxylation is 1. The Hall–Kier alpha value is -2.33. The van der Waals surface area contributed by atoms with Crippen LogP contribution >= 0.6 is 24.2 Å². The standard InChI is InChI=1S/C26H36N6O2S.ClH/c1-16-14-22(35-4)21(25(33)30-16)15-29-26(34)23-18(3)32(24-20(23)6-5-10-28-24)17(2)19-7-11-31(12-8-19)13-9-27;/h5-6,10,14,17,19H,7-9,11-13,15,27H2,1-4H3,(H,29,34)(H,30,33);1H. The molecule has 1 saturated heterocycles. The molecule has 4 heterocycles. The van der Waals surface area contributed by atoms with Crippen LogP contribution in [0, 0.1) is 19.8 Å². The summed E-state index contributed by atoms with van der Waals surface area (Å²) in [5.41, 5.74) is 9.35. The van der Waals surface area contributed by atoms with Crippen molar-refractivity contribution in [1.29, 1.82) is 0 Å². The van der Waals surface area contributed by atoms with Crippen molar-refractivity contribution in [2.24, 2.45) is 11.7 Å². The molecule has 1 fully saturated rings. The maximum absolute atomic E-state index is 13.5. The maximum Gasteiger partial charge on any atom is 0.254 e. The first-order chi connectivity index (χ1) is 16.8. The van der Waals surface area contributed by atoms with Crippen molar-refractivity contribution in [3.63, 3.8) is 0 Å². The van der Waals surface area contributed by atoms with Gasteiger partial charge in [-0.1, -0.05) is 0 Å². The fourth-order valence-corrected chi connectivity index (χ4v) is 6.09. The van der Waals surface area contributed by atoms with Crippen molar-refractivity contribution in [3.8, 4) is 0 Å². The van der Waals surface area contributed by atoms with Crippen molar-refractivity contribution >= 4 is 41.1 Å². The molecule has 1 aliphatic rings. The Labute approximate surface area is 222 Å². The normalized spacial score (nSPS) is 15.6. The molecule has 1 atom stereocenters. The number of carbonyl (C=O) groups is 1. The summed E-state index contributed by atoms with van der Waals surface area (Å²) >= 11 is 1.51. The summed E-state index contributed by atoms with van der Waals surface area (Å²) in [7, 11) is 0. The average molecular weight is 533 g/mol. The third-order valence-corrected chi connectivity index (χ3v) is 8.08. The van der Waals surface area contributed by atoms with Crippen LogP contribution in [0.25, 0.3) is 11.0 Å². The quantitative estimate of drug-likeness (QED) is 0.382. The number of piperidine rings is 1. The maximum atomic E-state index is 13.5. The molecular formula is C26H37ClN6O2S. The molecule has 3 aromatic heterocycles. The number of thioether (sulfide) groups is 1. The molecule has 36 heavy (non-hydrogen) atoms. The zero-order valence-electron chi connectivity index (χ0n) is 21.5. The monoisotopic (exact) mass is 532 g/mol. The minimum Gasteiger partial charge on any atom is -0.348 e. The number of carbonyl (C=O) groups excluding carboxylic acids is 1. The Morgan fingerprint density at radius 1 is 1.33 bits per heavy atom. The number of aromatic nitrogens is 3. The molecule has 3 aromatic rings. The number of halogens is 1. The lowest BCUT2D eigenvalue weighted by Crippen LogP contribution is -2.39. The molecule has 0 bridgehead atoms. The van der Waals surface area contributed by atoms with E-state index in [1.165, 1.54) is 11.8 Å². The minimum absolute atomic E-state index is 0. The first-order valence-corrected chi connectivity index (χ1v) is 13.5. The third-order valence-electron chi connectivity index (χ3n) is 7.28. The molecule has 4 N–H and O–H groups in total. The van der Waals surface area contributed by atoms with E-state index in [1.54, 1.807) is 6.20 Å². The van der Waals surface area contributed by atoms with Crippen LogP contribution in [0.1, 0.15) is 53.1 Å². The molecule has 1 amide bonds. The van der Waals surface area contributed by atoms with Crippen molar-refractivity contribution < 1.29 is 4.79 Å². The number of nitrogens with two attached hydrogens (primary N) is 1. The van der Waals surface area contributed by atoms with E-state index in [0.717, 1.165) is 59.8 Å². The van der Waals surface area contributed by atoms with E-state index in [9.17, 15) is 9.59 Å². The molecule has 4 rings (SSSR count). The number of aromatic amines is 1. The van der Waals surface area contributed by atoms with Gasteiger partial charge in [-0.3, -0.25) is 9.59 Å². The Kier molecular flexibility index (Phi) is 9.63. The lowest BCUT2D eigenvalue weighted by atomic mass is 9.90. The molecule has 0 radical (unpaired) electrons. The Bertz CT molecular complexity index is 1270. The molecule has 0 aliphatic carbocycles. The number of nitrogens with zero attached hydrogens (tertiary/aromatic N) is 3. The molecule has 196 valence electrons. The zero-order valence-corrected chi connectivity index (χ0v) is 23.1. The van der Waals surface area contributed by atoms with Gasteiger partial charge in [0.05, 0.1) is 5.56 Å². The molecule has 8 nitrogen and oxygen atoms in total. The zero-order chi connectivity index (χ0) is 25.1. The largest absolute Gasteiger partial charge is 0.348 e. The van der Waals surface area contributed by atoms with Gasteiger partial charge in [0.25, 0.3) is 11.5 Å². The predicted molar refractivity (Wildman–Crippen MR) is 149 cm³/mol. The highest BCUT2D eigenvalue weighted by Gasteiger charge is 2.29. The highest BCUT2D eigenvalue weighted by atomic mass is 35.5. The summed E-state index contributed by atoms with van der Waals surface area (Å²) in [6.07, 6.45) is 5.92. The molecule has 0 spiro atoms. The number of rotatable bonds is 8. The van der Waals surface area contributed by atoms with E-state index in [-0.39, 0.29) is 36.5 Å². The molecule has 0 aromatic carbocycles. The van der Waals surface area contributed by atoms with Gasteiger partial charge in [-0.25, -0.2) is 4.98 Å². The summed E-state index contributed by atoms with van der Waals surface area (Å²) in [4.78, 5) is 36.8. The number of pyridine rings is 2. The number of H-pyrrole nitrogens is 1. The van der Waals surface area contributed by atoms with Crippen molar-refractivity contribution in [3.05, 3.63) is 57.3 Å². The van der Waals surface area contributed by atoms with Gasteiger partial charge in [0.1, 0.15) is 5.65 Å². The Morgan fingerprint density at radius 3 is 2.72 bits per heavy atom. The number of hydrogen-bond acceptors (Lipinski definition) is 6. The topological polar surface area (TPSA) is 109 Å². The predicted octanol–water partition coefficient (Wildman–Crippen LogP) is 3.65. The van der Waals surface area contributed by atoms with Gasteiger partial charge in [0.15, 0.2) is 0 Å². The second kappa shape index (κ2) is 12.3. The highest BCUT2D eigenvalue weighted by Crippen LogP contribution is 2.35. The Balaban J connectivity index is 0.00000361. The number of likely N-dealkylation sites (tertiary alicyclic amines) is 1. The average Bonchev–Trinajstić information content (AvgIpc) is 3.14. The van der Waals surface area contributed by atoms with Gasteiger partial charge in [-0.05, 0) is 77.1 Å². The molecule has 1 unspecified atom stereocenters. The van der Waals surface area contributed by atoms with Crippen molar-refractivity contribution in [1.82, 2.24) is 24.8 Å². The second-order valence-electron chi connectivity index (χ2n) is 9.42. The third kappa shape index (κ3) is 5.64. The summed E-state index contributed by atoms with van der Waals surface area (Å²) in [5.74, 6) is 0.322. The minimum atomic E-state index is -0.184.